The Morgan fingerprint density at radius 3 is 2.35 bits per heavy atom. The number of hydrogen-bond donors (Lipinski definition) is 2. The van der Waals surface area contributed by atoms with Gasteiger partial charge in [-0.05, 0) is 0 Å². The number of aliphatic carboxylic acids is 1. The van der Waals surface area contributed by atoms with Crippen LogP contribution in [0.25, 0.3) is 0 Å². The Hall–Kier alpha value is -1.15. The van der Waals surface area contributed by atoms with Crippen molar-refractivity contribution in [3.63, 3.8) is 0 Å². The molecule has 2 N–H and O–H groups in total. The Labute approximate surface area is 99.7 Å². The predicted octanol–water partition coefficient (Wildman–Crippen LogP) is -1.69. The second-order valence-corrected chi connectivity index (χ2v) is 6.05. The zero-order valence-corrected chi connectivity index (χ0v) is 10.2. The van der Waals surface area contributed by atoms with Crippen molar-refractivity contribution < 1.29 is 23.1 Å². The molecule has 8 heteroatoms. The first-order valence-corrected chi connectivity index (χ1v) is 7.13. The van der Waals surface area contributed by atoms with Crippen molar-refractivity contribution in [2.75, 3.05) is 37.7 Å². The third-order valence-corrected chi connectivity index (χ3v) is 3.95. The smallest absolute Gasteiger partial charge is 0.318 e. The number of nitrogens with one attached hydrogen (secondary N) is 1. The maximum atomic E-state index is 11.6. The lowest BCUT2D eigenvalue weighted by molar-refractivity contribution is -0.134. The van der Waals surface area contributed by atoms with Crippen LogP contribution in [0.1, 0.15) is 6.42 Å². The quantitative estimate of drug-likeness (QED) is 0.614. The number of nitrogens with zero attached hydrogens (tertiary/aromatic N) is 1. The van der Waals surface area contributed by atoms with Crippen molar-refractivity contribution in [2.45, 2.75) is 6.42 Å². The summed E-state index contributed by atoms with van der Waals surface area (Å²) in [7, 11) is -3.68. The van der Waals surface area contributed by atoms with Gasteiger partial charge in [-0.1, -0.05) is 0 Å². The van der Waals surface area contributed by atoms with E-state index in [0.717, 1.165) is 0 Å². The molecule has 0 aromatic rings. The molecule has 1 amide bonds. The first-order valence-electron chi connectivity index (χ1n) is 5.31. The van der Waals surface area contributed by atoms with Crippen molar-refractivity contribution in [3.05, 3.63) is 0 Å². The van der Waals surface area contributed by atoms with Crippen LogP contribution in [-0.4, -0.2) is 68.0 Å². The molecule has 7 nitrogen and oxygen atoms in total. The molecule has 0 spiro atoms. The molecule has 0 aliphatic carbocycles. The highest BCUT2D eigenvalue weighted by molar-refractivity contribution is 7.92. The number of amides is 1. The third kappa shape index (κ3) is 5.14. The summed E-state index contributed by atoms with van der Waals surface area (Å²) in [6.07, 6.45) is -0.143. The average Bonchev–Trinajstić information content (AvgIpc) is 2.25. The Bertz CT molecular complexity index is 386. The van der Waals surface area contributed by atoms with Crippen LogP contribution < -0.4 is 5.32 Å². The van der Waals surface area contributed by atoms with Gasteiger partial charge in [0.25, 0.3) is 0 Å². The standard InChI is InChI=1S/C9H16N2O5S/c12-8(11-4-2-10-3-5-11)1-6-17(15,16)7-9(13)14/h10H,1-7H2,(H,13,14). The number of carboxylic acid groups (broad SMARTS) is 1. The number of piperazine rings is 1. The number of hydrogen-bond acceptors (Lipinski definition) is 5. The summed E-state index contributed by atoms with van der Waals surface area (Å²) < 4.78 is 22.5. The van der Waals surface area contributed by atoms with E-state index in [1.54, 1.807) is 4.90 Å². The van der Waals surface area contributed by atoms with Gasteiger partial charge in [-0.15, -0.1) is 0 Å². The number of carbonyl (C=O) groups excluding carboxylic acids is 1. The molecule has 98 valence electrons. The summed E-state index contributed by atoms with van der Waals surface area (Å²) in [5.74, 6) is -2.94. The molecule has 1 saturated heterocycles. The Kier molecular flexibility index (Phi) is 4.88. The number of carboxylic acids is 1. The van der Waals surface area contributed by atoms with Gasteiger partial charge in [0.15, 0.2) is 9.84 Å². The van der Waals surface area contributed by atoms with Crippen molar-refractivity contribution in [1.82, 2.24) is 10.2 Å². The van der Waals surface area contributed by atoms with E-state index in [2.05, 4.69) is 5.32 Å². The lowest BCUT2D eigenvalue weighted by Gasteiger charge is -2.27. The van der Waals surface area contributed by atoms with E-state index in [0.29, 0.717) is 26.2 Å². The van der Waals surface area contributed by atoms with Crippen molar-refractivity contribution in [2.24, 2.45) is 0 Å². The van der Waals surface area contributed by atoms with Gasteiger partial charge in [-0.25, -0.2) is 8.42 Å². The fourth-order valence-electron chi connectivity index (χ4n) is 1.58. The second-order valence-electron chi connectivity index (χ2n) is 3.87. The monoisotopic (exact) mass is 264 g/mol. The minimum Gasteiger partial charge on any atom is -0.480 e. The van der Waals surface area contributed by atoms with E-state index in [1.165, 1.54) is 0 Å². The van der Waals surface area contributed by atoms with Gasteiger partial charge in [-0.2, -0.15) is 0 Å². The van der Waals surface area contributed by atoms with Crippen molar-refractivity contribution in [1.29, 1.82) is 0 Å². The predicted molar refractivity (Wildman–Crippen MR) is 60.4 cm³/mol. The van der Waals surface area contributed by atoms with Crippen molar-refractivity contribution in [3.8, 4) is 0 Å². The van der Waals surface area contributed by atoms with Gasteiger partial charge >= 0.3 is 5.97 Å². The first-order chi connectivity index (χ1) is 7.91. The zero-order valence-electron chi connectivity index (χ0n) is 9.39. The highest BCUT2D eigenvalue weighted by Gasteiger charge is 2.21. The van der Waals surface area contributed by atoms with Crippen LogP contribution in [0.3, 0.4) is 0 Å². The lowest BCUT2D eigenvalue weighted by Crippen LogP contribution is -2.46. The van der Waals surface area contributed by atoms with Crippen LogP contribution in [0.2, 0.25) is 0 Å². The van der Waals surface area contributed by atoms with Gasteiger partial charge in [0.2, 0.25) is 5.91 Å². The fraction of sp³-hybridized carbons (Fsp3) is 0.778. The molecule has 1 heterocycles. The molecule has 1 rings (SSSR count). The van der Waals surface area contributed by atoms with Gasteiger partial charge in [0, 0.05) is 32.6 Å². The normalized spacial score (nSPS) is 16.8. The van der Waals surface area contributed by atoms with Crippen LogP contribution >= 0.6 is 0 Å². The van der Waals surface area contributed by atoms with Crippen LogP contribution in [0.4, 0.5) is 0 Å². The largest absolute Gasteiger partial charge is 0.480 e. The molecule has 1 aliphatic heterocycles. The van der Waals surface area contributed by atoms with E-state index in [1.807, 2.05) is 0 Å². The second kappa shape index (κ2) is 5.97. The lowest BCUT2D eigenvalue weighted by atomic mass is 10.3. The minimum absolute atomic E-state index is 0.143. The van der Waals surface area contributed by atoms with Crippen molar-refractivity contribution >= 4 is 21.7 Å². The molecule has 0 bridgehead atoms. The Morgan fingerprint density at radius 2 is 1.82 bits per heavy atom. The molecule has 0 saturated carbocycles. The summed E-state index contributed by atoms with van der Waals surface area (Å²) in [6.45, 7) is 2.54. The number of carbonyl (C=O) groups is 2. The van der Waals surface area contributed by atoms with E-state index in [-0.39, 0.29) is 12.3 Å². The third-order valence-electron chi connectivity index (χ3n) is 2.44. The summed E-state index contributed by atoms with van der Waals surface area (Å²) >= 11 is 0. The Balaban J connectivity index is 2.39. The van der Waals surface area contributed by atoms with Crippen LogP contribution in [-0.2, 0) is 19.4 Å². The van der Waals surface area contributed by atoms with Gasteiger partial charge in [0.1, 0.15) is 5.75 Å². The minimum atomic E-state index is -3.68. The highest BCUT2D eigenvalue weighted by atomic mass is 32.2. The van der Waals surface area contributed by atoms with E-state index in [4.69, 9.17) is 5.11 Å². The highest BCUT2D eigenvalue weighted by Crippen LogP contribution is 2.01. The molecule has 0 radical (unpaired) electrons. The van der Waals surface area contributed by atoms with Gasteiger partial charge in [-0.3, -0.25) is 9.59 Å². The first kappa shape index (κ1) is 13.9. The SMILES string of the molecule is O=C(O)CS(=O)(=O)CCC(=O)N1CCNCC1. The number of rotatable bonds is 5. The molecular formula is C9H16N2O5S. The average molecular weight is 264 g/mol. The molecule has 1 fully saturated rings. The summed E-state index contributed by atoms with van der Waals surface area (Å²) in [5.41, 5.74) is 0. The maximum Gasteiger partial charge on any atom is 0.318 e. The van der Waals surface area contributed by atoms with Crippen LogP contribution in [0, 0.1) is 0 Å². The summed E-state index contributed by atoms with van der Waals surface area (Å²) in [4.78, 5) is 23.5. The summed E-state index contributed by atoms with van der Waals surface area (Å²) in [5, 5.41) is 11.5. The molecule has 0 atom stereocenters. The zero-order chi connectivity index (χ0) is 12.9. The number of sulfone groups is 1. The fourth-order valence-corrected chi connectivity index (χ4v) is 2.58. The van der Waals surface area contributed by atoms with E-state index >= 15 is 0 Å². The van der Waals surface area contributed by atoms with E-state index in [9.17, 15) is 18.0 Å². The maximum absolute atomic E-state index is 11.6. The van der Waals surface area contributed by atoms with Gasteiger partial charge < -0.3 is 15.3 Å². The molecule has 1 aliphatic rings. The molecule has 17 heavy (non-hydrogen) atoms. The molecule has 0 aromatic heterocycles. The molecule has 0 unspecified atom stereocenters. The molecule has 0 aromatic carbocycles. The summed E-state index contributed by atoms with van der Waals surface area (Å²) in [6, 6.07) is 0. The topological polar surface area (TPSA) is 104 Å². The van der Waals surface area contributed by atoms with Crippen LogP contribution in [0.5, 0.6) is 0 Å². The Morgan fingerprint density at radius 1 is 1.24 bits per heavy atom. The van der Waals surface area contributed by atoms with Crippen LogP contribution in [0.15, 0.2) is 0 Å². The van der Waals surface area contributed by atoms with Gasteiger partial charge in [0.05, 0.1) is 5.75 Å². The van der Waals surface area contributed by atoms with E-state index < -0.39 is 27.3 Å². The molecular weight excluding hydrogens is 248 g/mol.